The topological polar surface area (TPSA) is 38.5 Å². The van der Waals surface area contributed by atoms with E-state index in [0.717, 1.165) is 31.8 Å². The van der Waals surface area contributed by atoms with Crippen molar-refractivity contribution in [2.75, 3.05) is 26.2 Å². The van der Waals surface area contributed by atoms with Crippen molar-refractivity contribution in [3.05, 3.63) is 35.4 Å². The van der Waals surface area contributed by atoms with Crippen molar-refractivity contribution in [3.63, 3.8) is 0 Å². The molecule has 0 aromatic heterocycles. The van der Waals surface area contributed by atoms with Crippen molar-refractivity contribution >= 4 is 0 Å². The van der Waals surface area contributed by atoms with Crippen LogP contribution in [0.25, 0.3) is 0 Å². The third-order valence-electron chi connectivity index (χ3n) is 3.02. The summed E-state index contributed by atoms with van der Waals surface area (Å²) in [5.74, 6) is 5.90. The fourth-order valence-corrected chi connectivity index (χ4v) is 2.14. The zero-order chi connectivity index (χ0) is 12.8. The van der Waals surface area contributed by atoms with Crippen molar-refractivity contribution in [1.29, 1.82) is 0 Å². The van der Waals surface area contributed by atoms with Crippen LogP contribution in [0.5, 0.6) is 0 Å². The normalized spacial score (nSPS) is 20.2. The Morgan fingerprint density at radius 1 is 1.39 bits per heavy atom. The highest BCUT2D eigenvalue weighted by Gasteiger charge is 2.16. The predicted octanol–water partition coefficient (Wildman–Crippen LogP) is 1.22. The zero-order valence-electron chi connectivity index (χ0n) is 10.9. The molecular formula is C15H20N2O. The highest BCUT2D eigenvalue weighted by Crippen LogP contribution is 2.11. The average Bonchev–Trinajstić information content (AvgIpc) is 2.38. The summed E-state index contributed by atoms with van der Waals surface area (Å²) >= 11 is 0. The van der Waals surface area contributed by atoms with Gasteiger partial charge in [0.15, 0.2) is 0 Å². The number of hydrogen-bond acceptors (Lipinski definition) is 3. The monoisotopic (exact) mass is 244 g/mol. The van der Waals surface area contributed by atoms with E-state index >= 15 is 0 Å². The number of morpholine rings is 1. The van der Waals surface area contributed by atoms with E-state index in [2.05, 4.69) is 47.9 Å². The summed E-state index contributed by atoms with van der Waals surface area (Å²) in [6.45, 7) is 6.37. The van der Waals surface area contributed by atoms with Gasteiger partial charge in [-0.3, -0.25) is 4.90 Å². The van der Waals surface area contributed by atoms with Gasteiger partial charge in [-0.1, -0.05) is 24.0 Å². The van der Waals surface area contributed by atoms with Gasteiger partial charge < -0.3 is 10.5 Å². The molecule has 3 nitrogen and oxygen atoms in total. The Morgan fingerprint density at radius 2 is 2.17 bits per heavy atom. The largest absolute Gasteiger partial charge is 0.376 e. The molecule has 2 rings (SSSR count). The van der Waals surface area contributed by atoms with Crippen molar-refractivity contribution in [1.82, 2.24) is 4.90 Å². The Balaban J connectivity index is 1.93. The molecule has 1 aliphatic rings. The van der Waals surface area contributed by atoms with E-state index in [1.807, 2.05) is 0 Å². The molecule has 1 atom stereocenters. The van der Waals surface area contributed by atoms with Gasteiger partial charge in [0.2, 0.25) is 0 Å². The number of rotatable bonds is 2. The van der Waals surface area contributed by atoms with Crippen molar-refractivity contribution in [2.45, 2.75) is 19.6 Å². The first-order valence-corrected chi connectivity index (χ1v) is 6.40. The Kier molecular flexibility index (Phi) is 4.77. The molecular weight excluding hydrogens is 224 g/mol. The lowest BCUT2D eigenvalue weighted by Crippen LogP contribution is -2.40. The maximum absolute atomic E-state index is 5.54. The fourth-order valence-electron chi connectivity index (χ4n) is 2.14. The molecule has 3 heteroatoms. The van der Waals surface area contributed by atoms with Crippen LogP contribution in [0.3, 0.4) is 0 Å². The summed E-state index contributed by atoms with van der Waals surface area (Å²) in [5, 5.41) is 0. The van der Waals surface area contributed by atoms with E-state index < -0.39 is 0 Å². The molecule has 1 saturated heterocycles. The lowest BCUT2D eigenvalue weighted by molar-refractivity contribution is -0.0212. The minimum Gasteiger partial charge on any atom is -0.376 e. The number of nitrogens with zero attached hydrogens (tertiary/aromatic N) is 1. The Hall–Kier alpha value is -1.34. The molecule has 0 bridgehead atoms. The van der Waals surface area contributed by atoms with Gasteiger partial charge in [0.1, 0.15) is 0 Å². The molecule has 1 aromatic carbocycles. The molecule has 1 aromatic rings. The van der Waals surface area contributed by atoms with E-state index in [9.17, 15) is 0 Å². The minimum atomic E-state index is 0.341. The molecule has 1 fully saturated rings. The summed E-state index contributed by atoms with van der Waals surface area (Å²) in [6, 6.07) is 8.39. The molecule has 0 saturated carbocycles. The van der Waals surface area contributed by atoms with E-state index in [4.69, 9.17) is 10.5 Å². The molecule has 1 unspecified atom stereocenters. The van der Waals surface area contributed by atoms with Crippen LogP contribution in [0.15, 0.2) is 24.3 Å². The summed E-state index contributed by atoms with van der Waals surface area (Å²) in [7, 11) is 0. The molecule has 18 heavy (non-hydrogen) atoms. The predicted molar refractivity (Wildman–Crippen MR) is 73.1 cm³/mol. The van der Waals surface area contributed by atoms with E-state index in [-0.39, 0.29) is 0 Å². The van der Waals surface area contributed by atoms with Gasteiger partial charge in [0.05, 0.1) is 19.3 Å². The average molecular weight is 244 g/mol. The van der Waals surface area contributed by atoms with Crippen LogP contribution < -0.4 is 5.73 Å². The molecule has 0 amide bonds. The van der Waals surface area contributed by atoms with Crippen LogP contribution in [-0.4, -0.2) is 37.2 Å². The molecule has 2 N–H and O–H groups in total. The third-order valence-corrected chi connectivity index (χ3v) is 3.02. The minimum absolute atomic E-state index is 0.341. The quantitative estimate of drug-likeness (QED) is 0.795. The van der Waals surface area contributed by atoms with E-state index in [1.165, 1.54) is 5.56 Å². The molecule has 0 radical (unpaired) electrons. The second kappa shape index (κ2) is 6.55. The zero-order valence-corrected chi connectivity index (χ0v) is 10.9. The second-order valence-electron chi connectivity index (χ2n) is 4.62. The van der Waals surface area contributed by atoms with Crippen LogP contribution in [0, 0.1) is 11.8 Å². The first-order valence-electron chi connectivity index (χ1n) is 6.40. The molecule has 0 aliphatic carbocycles. The molecule has 1 heterocycles. The van der Waals surface area contributed by atoms with Gasteiger partial charge in [-0.2, -0.15) is 0 Å². The fraction of sp³-hybridized carbons (Fsp3) is 0.467. The Labute approximate surface area is 109 Å². The Morgan fingerprint density at radius 3 is 2.83 bits per heavy atom. The van der Waals surface area contributed by atoms with Crippen LogP contribution in [0.4, 0.5) is 0 Å². The van der Waals surface area contributed by atoms with Gasteiger partial charge in [0.25, 0.3) is 0 Å². The third kappa shape index (κ3) is 3.85. The first kappa shape index (κ1) is 13.1. The summed E-state index contributed by atoms with van der Waals surface area (Å²) in [5.41, 5.74) is 7.70. The SMILES string of the molecule is CC1CN(Cc2ccc(C#CCN)cc2)CCO1. The lowest BCUT2D eigenvalue weighted by Gasteiger charge is -2.31. The van der Waals surface area contributed by atoms with Crippen molar-refractivity contribution in [2.24, 2.45) is 5.73 Å². The summed E-state index contributed by atoms with van der Waals surface area (Å²) < 4.78 is 5.54. The number of benzene rings is 1. The van der Waals surface area contributed by atoms with Crippen LogP contribution in [0.1, 0.15) is 18.1 Å². The molecule has 96 valence electrons. The van der Waals surface area contributed by atoms with Gasteiger partial charge in [-0.15, -0.1) is 0 Å². The smallest absolute Gasteiger partial charge is 0.0674 e. The lowest BCUT2D eigenvalue weighted by atomic mass is 10.1. The van der Waals surface area contributed by atoms with Crippen molar-refractivity contribution in [3.8, 4) is 11.8 Å². The summed E-state index contributed by atoms with van der Waals surface area (Å²) in [6.07, 6.45) is 0.341. The van der Waals surface area contributed by atoms with Gasteiger partial charge in [-0.25, -0.2) is 0 Å². The van der Waals surface area contributed by atoms with Gasteiger partial charge in [0, 0.05) is 25.2 Å². The molecule has 1 aliphatic heterocycles. The van der Waals surface area contributed by atoms with Crippen LogP contribution in [-0.2, 0) is 11.3 Å². The van der Waals surface area contributed by atoms with Gasteiger partial charge >= 0.3 is 0 Å². The van der Waals surface area contributed by atoms with Crippen LogP contribution >= 0.6 is 0 Å². The maximum atomic E-state index is 5.54. The van der Waals surface area contributed by atoms with Crippen molar-refractivity contribution < 1.29 is 4.74 Å². The summed E-state index contributed by atoms with van der Waals surface area (Å²) in [4.78, 5) is 2.43. The van der Waals surface area contributed by atoms with Gasteiger partial charge in [-0.05, 0) is 24.6 Å². The van der Waals surface area contributed by atoms with E-state index in [0.29, 0.717) is 12.6 Å². The van der Waals surface area contributed by atoms with E-state index in [1.54, 1.807) is 0 Å². The highest BCUT2D eigenvalue weighted by molar-refractivity contribution is 5.36. The standard InChI is InChI=1S/C15H20N2O/c1-13-11-17(9-10-18-13)12-15-6-4-14(5-7-15)3-2-8-16/h4-7,13H,8-12,16H2,1H3. The molecule has 0 spiro atoms. The number of nitrogens with two attached hydrogens (primary N) is 1. The maximum Gasteiger partial charge on any atom is 0.0674 e. The number of hydrogen-bond donors (Lipinski definition) is 1. The second-order valence-corrected chi connectivity index (χ2v) is 4.62. The Bertz CT molecular complexity index is 430. The highest BCUT2D eigenvalue weighted by atomic mass is 16.5. The van der Waals surface area contributed by atoms with Crippen LogP contribution in [0.2, 0.25) is 0 Å². The number of ether oxygens (including phenoxy) is 1. The first-order chi connectivity index (χ1) is 8.78.